The molecule has 21 heavy (non-hydrogen) atoms. The summed E-state index contributed by atoms with van der Waals surface area (Å²) >= 11 is 0. The molecule has 1 aliphatic rings. The van der Waals surface area contributed by atoms with Gasteiger partial charge >= 0.3 is 0 Å². The molecule has 1 heterocycles. The van der Waals surface area contributed by atoms with Crippen LogP contribution in [0.4, 0.5) is 11.4 Å². The lowest BCUT2D eigenvalue weighted by molar-refractivity contribution is -0.125. The molecule has 108 valence electrons. The molecule has 0 saturated heterocycles. The number of aryl methyl sites for hydroxylation is 1. The molecule has 0 fully saturated rings. The van der Waals surface area contributed by atoms with E-state index < -0.39 is 6.10 Å². The van der Waals surface area contributed by atoms with Crippen LogP contribution in [0.25, 0.3) is 0 Å². The number of likely N-dealkylation sites (N-methyl/N-ethyl adjacent to an activating group) is 1. The predicted molar refractivity (Wildman–Crippen MR) is 83.6 cm³/mol. The fourth-order valence-corrected chi connectivity index (χ4v) is 2.62. The molecule has 0 bridgehead atoms. The molecule has 0 aliphatic carbocycles. The highest BCUT2D eigenvalue weighted by Crippen LogP contribution is 2.35. The van der Waals surface area contributed by atoms with E-state index in [9.17, 15) is 4.79 Å². The minimum atomic E-state index is -0.493. The molecule has 1 atom stereocenters. The normalized spacial score (nSPS) is 17.3. The maximum Gasteiger partial charge on any atom is 0.268 e. The SMILES string of the molecule is Cc1cccc(CC2Oc3ccc(N)cc3N(C)C2=O)c1. The molecular formula is C17H18N2O2. The summed E-state index contributed by atoms with van der Waals surface area (Å²) in [5.74, 6) is 0.651. The number of hydrogen-bond acceptors (Lipinski definition) is 3. The number of hydrogen-bond donors (Lipinski definition) is 1. The summed E-state index contributed by atoms with van der Waals surface area (Å²) in [5, 5.41) is 0. The predicted octanol–water partition coefficient (Wildman–Crippen LogP) is 2.54. The van der Waals surface area contributed by atoms with Gasteiger partial charge in [-0.15, -0.1) is 0 Å². The minimum absolute atomic E-state index is 0.0467. The van der Waals surface area contributed by atoms with Crippen LogP contribution >= 0.6 is 0 Å². The molecule has 3 rings (SSSR count). The first-order valence-electron chi connectivity index (χ1n) is 6.94. The van der Waals surface area contributed by atoms with Gasteiger partial charge in [0.2, 0.25) is 0 Å². The van der Waals surface area contributed by atoms with E-state index in [1.807, 2.05) is 31.2 Å². The smallest absolute Gasteiger partial charge is 0.268 e. The second-order valence-corrected chi connectivity index (χ2v) is 5.42. The van der Waals surface area contributed by atoms with E-state index in [4.69, 9.17) is 10.5 Å². The van der Waals surface area contributed by atoms with Gasteiger partial charge in [0, 0.05) is 19.2 Å². The van der Waals surface area contributed by atoms with Crippen molar-refractivity contribution in [2.75, 3.05) is 17.7 Å². The number of nitrogens with zero attached hydrogens (tertiary/aromatic N) is 1. The number of amides is 1. The van der Waals surface area contributed by atoms with E-state index in [2.05, 4.69) is 6.07 Å². The van der Waals surface area contributed by atoms with Gasteiger partial charge in [0.25, 0.3) is 5.91 Å². The van der Waals surface area contributed by atoms with Crippen LogP contribution in [0.1, 0.15) is 11.1 Å². The first-order chi connectivity index (χ1) is 10.0. The van der Waals surface area contributed by atoms with Gasteiger partial charge in [0.15, 0.2) is 6.10 Å². The summed E-state index contributed by atoms with van der Waals surface area (Å²) in [6.07, 6.45) is 0.0715. The summed E-state index contributed by atoms with van der Waals surface area (Å²) in [4.78, 5) is 14.1. The Labute approximate surface area is 124 Å². The van der Waals surface area contributed by atoms with Crippen LogP contribution in [-0.2, 0) is 11.2 Å². The van der Waals surface area contributed by atoms with Crippen LogP contribution in [0.3, 0.4) is 0 Å². The zero-order valence-electron chi connectivity index (χ0n) is 12.2. The fourth-order valence-electron chi connectivity index (χ4n) is 2.62. The Kier molecular flexibility index (Phi) is 3.29. The summed E-state index contributed by atoms with van der Waals surface area (Å²) < 4.78 is 5.87. The Morgan fingerprint density at radius 1 is 1.24 bits per heavy atom. The van der Waals surface area contributed by atoms with E-state index in [0.29, 0.717) is 17.9 Å². The molecule has 0 aromatic heterocycles. The number of anilines is 2. The number of rotatable bonds is 2. The molecule has 2 aromatic rings. The largest absolute Gasteiger partial charge is 0.478 e. The molecule has 1 unspecified atom stereocenters. The van der Waals surface area contributed by atoms with Crippen molar-refractivity contribution in [2.24, 2.45) is 0 Å². The number of carbonyl (C=O) groups is 1. The Hall–Kier alpha value is -2.49. The average Bonchev–Trinajstić information content (AvgIpc) is 2.45. The van der Waals surface area contributed by atoms with Crippen LogP contribution in [0.2, 0.25) is 0 Å². The van der Waals surface area contributed by atoms with E-state index >= 15 is 0 Å². The zero-order chi connectivity index (χ0) is 15.0. The first-order valence-corrected chi connectivity index (χ1v) is 6.94. The van der Waals surface area contributed by atoms with E-state index in [1.165, 1.54) is 5.56 Å². The van der Waals surface area contributed by atoms with Crippen LogP contribution < -0.4 is 15.4 Å². The van der Waals surface area contributed by atoms with Gasteiger partial charge in [-0.25, -0.2) is 0 Å². The lowest BCUT2D eigenvalue weighted by atomic mass is 10.0. The van der Waals surface area contributed by atoms with Crippen molar-refractivity contribution in [1.29, 1.82) is 0 Å². The molecule has 2 N–H and O–H groups in total. The van der Waals surface area contributed by atoms with E-state index in [0.717, 1.165) is 11.3 Å². The third-order valence-electron chi connectivity index (χ3n) is 3.72. The van der Waals surface area contributed by atoms with Gasteiger partial charge in [-0.2, -0.15) is 0 Å². The van der Waals surface area contributed by atoms with Crippen molar-refractivity contribution in [3.8, 4) is 5.75 Å². The van der Waals surface area contributed by atoms with Gasteiger partial charge in [0.05, 0.1) is 5.69 Å². The monoisotopic (exact) mass is 282 g/mol. The first kappa shape index (κ1) is 13.5. The zero-order valence-corrected chi connectivity index (χ0v) is 12.2. The lowest BCUT2D eigenvalue weighted by Gasteiger charge is -2.32. The quantitative estimate of drug-likeness (QED) is 0.861. The number of nitrogen functional groups attached to an aromatic ring is 1. The van der Waals surface area contributed by atoms with Gasteiger partial charge in [-0.3, -0.25) is 4.79 Å². The number of benzene rings is 2. The highest BCUT2D eigenvalue weighted by molar-refractivity contribution is 6.00. The molecule has 1 amide bonds. The topological polar surface area (TPSA) is 55.6 Å². The average molecular weight is 282 g/mol. The molecule has 4 nitrogen and oxygen atoms in total. The van der Waals surface area contributed by atoms with Crippen molar-refractivity contribution in [2.45, 2.75) is 19.4 Å². The third kappa shape index (κ3) is 2.57. The fraction of sp³-hybridized carbons (Fsp3) is 0.235. The Bertz CT molecular complexity index is 697. The number of fused-ring (bicyclic) bond motifs is 1. The van der Waals surface area contributed by atoms with E-state index in [1.54, 1.807) is 24.1 Å². The maximum atomic E-state index is 12.4. The van der Waals surface area contributed by atoms with Crippen LogP contribution in [-0.4, -0.2) is 19.1 Å². The number of ether oxygens (including phenoxy) is 1. The molecule has 0 radical (unpaired) electrons. The van der Waals surface area contributed by atoms with Crippen LogP contribution in [0, 0.1) is 6.92 Å². The second kappa shape index (κ2) is 5.13. The Balaban J connectivity index is 1.88. The van der Waals surface area contributed by atoms with Crippen LogP contribution in [0.15, 0.2) is 42.5 Å². The summed E-state index contributed by atoms with van der Waals surface area (Å²) in [5.41, 5.74) is 9.39. The van der Waals surface area contributed by atoms with Gasteiger partial charge in [-0.05, 0) is 30.7 Å². The lowest BCUT2D eigenvalue weighted by Crippen LogP contribution is -2.44. The highest BCUT2D eigenvalue weighted by Gasteiger charge is 2.32. The molecule has 0 spiro atoms. The van der Waals surface area contributed by atoms with Gasteiger partial charge < -0.3 is 15.4 Å². The third-order valence-corrected chi connectivity index (χ3v) is 3.72. The molecule has 1 aliphatic heterocycles. The van der Waals surface area contributed by atoms with Crippen molar-refractivity contribution in [3.05, 3.63) is 53.6 Å². The minimum Gasteiger partial charge on any atom is -0.478 e. The standard InChI is InChI=1S/C17H18N2O2/c1-11-4-3-5-12(8-11)9-16-17(20)19(2)14-10-13(18)6-7-15(14)21-16/h3-8,10,16H,9,18H2,1-2H3. The Morgan fingerprint density at radius 3 is 2.81 bits per heavy atom. The molecule has 2 aromatic carbocycles. The van der Waals surface area contributed by atoms with Crippen LogP contribution in [0.5, 0.6) is 5.75 Å². The van der Waals surface area contributed by atoms with Crippen molar-refractivity contribution in [1.82, 2.24) is 0 Å². The van der Waals surface area contributed by atoms with Crippen molar-refractivity contribution in [3.63, 3.8) is 0 Å². The Morgan fingerprint density at radius 2 is 2.05 bits per heavy atom. The number of nitrogens with two attached hydrogens (primary N) is 1. The van der Waals surface area contributed by atoms with E-state index in [-0.39, 0.29) is 5.91 Å². The maximum absolute atomic E-state index is 12.4. The summed E-state index contributed by atoms with van der Waals surface area (Å²) in [6.45, 7) is 2.04. The summed E-state index contributed by atoms with van der Waals surface area (Å²) in [6, 6.07) is 13.5. The molecular weight excluding hydrogens is 264 g/mol. The highest BCUT2D eigenvalue weighted by atomic mass is 16.5. The van der Waals surface area contributed by atoms with Gasteiger partial charge in [0.1, 0.15) is 5.75 Å². The molecule has 0 saturated carbocycles. The second-order valence-electron chi connectivity index (χ2n) is 5.42. The van der Waals surface area contributed by atoms with Crippen molar-refractivity contribution < 1.29 is 9.53 Å². The van der Waals surface area contributed by atoms with Gasteiger partial charge in [-0.1, -0.05) is 29.8 Å². The number of carbonyl (C=O) groups excluding carboxylic acids is 1. The molecule has 4 heteroatoms. The van der Waals surface area contributed by atoms with Crippen molar-refractivity contribution >= 4 is 17.3 Å². The summed E-state index contributed by atoms with van der Waals surface area (Å²) in [7, 11) is 1.76.